The maximum Gasteiger partial charge on any atom is 0.173 e. The summed E-state index contributed by atoms with van der Waals surface area (Å²) in [5.41, 5.74) is 1.44. The molecule has 0 spiro atoms. The minimum atomic E-state index is -0.425. The van der Waals surface area contributed by atoms with E-state index in [1.807, 2.05) is 31.2 Å². The maximum absolute atomic E-state index is 12.8. The van der Waals surface area contributed by atoms with Crippen LogP contribution >= 0.6 is 0 Å². The summed E-state index contributed by atoms with van der Waals surface area (Å²) in [6.45, 7) is 8.37. The molecule has 3 atom stereocenters. The lowest BCUT2D eigenvalue weighted by Gasteiger charge is -2.32. The second-order valence-electron chi connectivity index (χ2n) is 7.27. The minimum absolute atomic E-state index is 0.0245. The summed E-state index contributed by atoms with van der Waals surface area (Å²) in [4.78, 5) is 25.5. The molecule has 2 fully saturated rings. The first-order chi connectivity index (χ1) is 9.29. The van der Waals surface area contributed by atoms with Crippen LogP contribution < -0.4 is 0 Å². The van der Waals surface area contributed by atoms with Crippen LogP contribution in [0.5, 0.6) is 0 Å². The van der Waals surface area contributed by atoms with Gasteiger partial charge in [0.1, 0.15) is 5.78 Å². The number of rotatable bonds is 2. The van der Waals surface area contributed by atoms with Gasteiger partial charge in [0.25, 0.3) is 0 Å². The Bertz CT molecular complexity index is 582. The van der Waals surface area contributed by atoms with Crippen LogP contribution in [0, 0.1) is 29.6 Å². The van der Waals surface area contributed by atoms with Crippen LogP contribution in [0.3, 0.4) is 0 Å². The highest BCUT2D eigenvalue weighted by atomic mass is 16.2. The Hall–Kier alpha value is -1.44. The first kappa shape index (κ1) is 13.5. The van der Waals surface area contributed by atoms with E-state index in [1.54, 1.807) is 0 Å². The summed E-state index contributed by atoms with van der Waals surface area (Å²) in [7, 11) is 0. The number of fused-ring (bicyclic) bond motifs is 2. The van der Waals surface area contributed by atoms with Crippen LogP contribution in [0.25, 0.3) is 0 Å². The zero-order valence-corrected chi connectivity index (χ0v) is 12.7. The minimum Gasteiger partial charge on any atom is -0.298 e. The fourth-order valence-electron chi connectivity index (χ4n) is 4.29. The molecule has 2 aliphatic carbocycles. The molecule has 106 valence electrons. The molecule has 0 amide bonds. The number of hydrogen-bond acceptors (Lipinski definition) is 2. The third kappa shape index (κ3) is 1.51. The highest BCUT2D eigenvalue weighted by Crippen LogP contribution is 2.66. The van der Waals surface area contributed by atoms with Crippen molar-refractivity contribution in [3.63, 3.8) is 0 Å². The molecule has 0 aromatic heterocycles. The molecule has 0 radical (unpaired) electrons. The SMILES string of the molecule is Cc1ccc(C(=O)[C@H]2C(=O)[C@@]3(C)CC[C@@H]2C3(C)C)cc1. The van der Waals surface area contributed by atoms with Crippen LogP contribution in [-0.4, -0.2) is 11.6 Å². The van der Waals surface area contributed by atoms with Crippen molar-refractivity contribution in [3.05, 3.63) is 35.4 Å². The van der Waals surface area contributed by atoms with Crippen LogP contribution in [0.1, 0.15) is 49.5 Å². The third-order valence-corrected chi connectivity index (χ3v) is 6.15. The number of hydrogen-bond donors (Lipinski definition) is 0. The Labute approximate surface area is 120 Å². The van der Waals surface area contributed by atoms with Crippen molar-refractivity contribution >= 4 is 11.6 Å². The molecule has 2 saturated carbocycles. The monoisotopic (exact) mass is 270 g/mol. The van der Waals surface area contributed by atoms with Gasteiger partial charge < -0.3 is 0 Å². The lowest BCUT2D eigenvalue weighted by Crippen LogP contribution is -2.35. The van der Waals surface area contributed by atoms with Gasteiger partial charge in [-0.25, -0.2) is 0 Å². The normalized spacial score (nSPS) is 34.5. The summed E-state index contributed by atoms with van der Waals surface area (Å²) >= 11 is 0. The molecule has 20 heavy (non-hydrogen) atoms. The fraction of sp³-hybridized carbons (Fsp3) is 0.556. The topological polar surface area (TPSA) is 34.1 Å². The molecule has 2 bridgehead atoms. The highest BCUT2D eigenvalue weighted by molar-refractivity contribution is 6.14. The van der Waals surface area contributed by atoms with Gasteiger partial charge in [-0.15, -0.1) is 0 Å². The summed E-state index contributed by atoms with van der Waals surface area (Å²) in [5, 5.41) is 0. The quantitative estimate of drug-likeness (QED) is 0.605. The van der Waals surface area contributed by atoms with E-state index in [0.717, 1.165) is 18.4 Å². The number of aryl methyl sites for hydroxylation is 1. The van der Waals surface area contributed by atoms with Gasteiger partial charge in [0.05, 0.1) is 5.92 Å². The van der Waals surface area contributed by atoms with E-state index in [0.29, 0.717) is 5.56 Å². The molecular formula is C18H22O2. The molecule has 2 heteroatoms. The summed E-state index contributed by atoms with van der Waals surface area (Å²) in [5.74, 6) is -0.0268. The van der Waals surface area contributed by atoms with Gasteiger partial charge >= 0.3 is 0 Å². The fourth-order valence-corrected chi connectivity index (χ4v) is 4.29. The summed E-state index contributed by atoms with van der Waals surface area (Å²) in [6.07, 6.45) is 1.93. The molecule has 0 aliphatic heterocycles. The molecule has 2 aliphatic rings. The molecule has 0 N–H and O–H groups in total. The summed E-state index contributed by atoms with van der Waals surface area (Å²) < 4.78 is 0. The van der Waals surface area contributed by atoms with E-state index in [9.17, 15) is 9.59 Å². The number of ketones is 2. The Morgan fingerprint density at radius 1 is 1.15 bits per heavy atom. The van der Waals surface area contributed by atoms with E-state index in [2.05, 4.69) is 20.8 Å². The van der Waals surface area contributed by atoms with Crippen LogP contribution in [0.2, 0.25) is 0 Å². The molecule has 0 heterocycles. The Morgan fingerprint density at radius 3 is 2.25 bits per heavy atom. The van der Waals surface area contributed by atoms with Crippen molar-refractivity contribution in [2.24, 2.45) is 22.7 Å². The lowest BCUT2D eigenvalue weighted by atomic mass is 9.70. The molecule has 0 saturated heterocycles. The van der Waals surface area contributed by atoms with Gasteiger partial charge in [-0.2, -0.15) is 0 Å². The molecule has 3 rings (SSSR count). The molecule has 1 aromatic carbocycles. The van der Waals surface area contributed by atoms with Crippen LogP contribution in [0.4, 0.5) is 0 Å². The van der Waals surface area contributed by atoms with E-state index in [1.165, 1.54) is 0 Å². The number of carbonyl (C=O) groups is 2. The predicted molar refractivity (Wildman–Crippen MR) is 78.6 cm³/mol. The van der Waals surface area contributed by atoms with Crippen LogP contribution in [-0.2, 0) is 4.79 Å². The Balaban J connectivity index is 1.98. The van der Waals surface area contributed by atoms with Gasteiger partial charge in [0, 0.05) is 11.0 Å². The van der Waals surface area contributed by atoms with Crippen molar-refractivity contribution in [1.29, 1.82) is 0 Å². The summed E-state index contributed by atoms with van der Waals surface area (Å²) in [6, 6.07) is 7.59. The van der Waals surface area contributed by atoms with E-state index < -0.39 is 5.92 Å². The number of benzene rings is 1. The van der Waals surface area contributed by atoms with E-state index >= 15 is 0 Å². The van der Waals surface area contributed by atoms with Crippen molar-refractivity contribution in [2.45, 2.75) is 40.5 Å². The smallest absolute Gasteiger partial charge is 0.173 e. The number of Topliss-reactive ketones (excluding diaryl/α,β-unsaturated/α-hetero) is 2. The van der Waals surface area contributed by atoms with Gasteiger partial charge in [0.15, 0.2) is 5.78 Å². The third-order valence-electron chi connectivity index (χ3n) is 6.15. The van der Waals surface area contributed by atoms with Gasteiger partial charge in [0.2, 0.25) is 0 Å². The zero-order chi connectivity index (χ0) is 14.7. The first-order valence-electron chi connectivity index (χ1n) is 7.44. The van der Waals surface area contributed by atoms with Crippen molar-refractivity contribution in [3.8, 4) is 0 Å². The largest absolute Gasteiger partial charge is 0.298 e. The van der Waals surface area contributed by atoms with Crippen molar-refractivity contribution in [2.75, 3.05) is 0 Å². The van der Waals surface area contributed by atoms with E-state index in [-0.39, 0.29) is 28.3 Å². The average Bonchev–Trinajstić information content (AvgIpc) is 2.71. The van der Waals surface area contributed by atoms with Crippen molar-refractivity contribution < 1.29 is 9.59 Å². The van der Waals surface area contributed by atoms with Crippen LogP contribution in [0.15, 0.2) is 24.3 Å². The Morgan fingerprint density at radius 2 is 1.75 bits per heavy atom. The zero-order valence-electron chi connectivity index (χ0n) is 12.7. The van der Waals surface area contributed by atoms with E-state index in [4.69, 9.17) is 0 Å². The second-order valence-corrected chi connectivity index (χ2v) is 7.27. The van der Waals surface area contributed by atoms with Crippen molar-refractivity contribution in [1.82, 2.24) is 0 Å². The molecular weight excluding hydrogens is 248 g/mol. The predicted octanol–water partition coefficient (Wildman–Crippen LogP) is 3.82. The Kier molecular flexibility index (Phi) is 2.73. The van der Waals surface area contributed by atoms with Gasteiger partial charge in [-0.3, -0.25) is 9.59 Å². The van der Waals surface area contributed by atoms with Gasteiger partial charge in [-0.05, 0) is 31.1 Å². The second kappa shape index (κ2) is 4.03. The maximum atomic E-state index is 12.8. The first-order valence-corrected chi connectivity index (χ1v) is 7.44. The highest BCUT2D eigenvalue weighted by Gasteiger charge is 2.67. The number of carbonyl (C=O) groups excluding carboxylic acids is 2. The molecule has 2 nitrogen and oxygen atoms in total. The molecule has 0 unspecified atom stereocenters. The average molecular weight is 270 g/mol. The standard InChI is InChI=1S/C18H22O2/c1-11-5-7-12(8-6-11)15(19)14-13-9-10-18(4,16(14)20)17(13,2)3/h5-8,13-14H,9-10H2,1-4H3/t13-,14-,18+/m0/s1. The molecule has 1 aromatic rings. The lowest BCUT2D eigenvalue weighted by molar-refractivity contribution is -0.130. The van der Waals surface area contributed by atoms with Gasteiger partial charge in [-0.1, -0.05) is 50.6 Å².